The second kappa shape index (κ2) is 15.2. The van der Waals surface area contributed by atoms with Gasteiger partial charge >= 0.3 is 5.97 Å². The highest BCUT2D eigenvalue weighted by atomic mass is 19.1. The summed E-state index contributed by atoms with van der Waals surface area (Å²) in [6.45, 7) is 6.91. The molecule has 242 valence electrons. The first-order valence-electron chi connectivity index (χ1n) is 17.9. The molecule has 0 spiro atoms. The number of carboxylic acids is 1. The van der Waals surface area contributed by atoms with Crippen LogP contribution in [0.2, 0.25) is 0 Å². The van der Waals surface area contributed by atoms with Gasteiger partial charge < -0.3 is 10.0 Å². The minimum atomic E-state index is -0.676. The van der Waals surface area contributed by atoms with Gasteiger partial charge in [-0.05, 0) is 111 Å². The van der Waals surface area contributed by atoms with E-state index in [0.717, 1.165) is 70.3 Å². The van der Waals surface area contributed by atoms with Crippen LogP contribution in [0, 0.1) is 29.5 Å². The van der Waals surface area contributed by atoms with E-state index in [4.69, 9.17) is 0 Å². The Balaban J connectivity index is 1.14. The summed E-state index contributed by atoms with van der Waals surface area (Å²) in [7, 11) is 0. The van der Waals surface area contributed by atoms with E-state index in [1.54, 1.807) is 17.2 Å². The number of hydrogen-bond acceptors (Lipinski definition) is 3. The number of piperidine rings is 1. The summed E-state index contributed by atoms with van der Waals surface area (Å²) < 4.78 is 14.4. The average molecular weight is 613 g/mol. The Bertz CT molecular complexity index is 1320. The highest BCUT2D eigenvalue weighted by Crippen LogP contribution is 2.42. The van der Waals surface area contributed by atoms with Gasteiger partial charge in [-0.1, -0.05) is 92.8 Å². The summed E-state index contributed by atoms with van der Waals surface area (Å²) in [6, 6.07) is 17.5. The SMILES string of the molecule is CCCC1C=CC(CCc2ccccc2)=C1C1CCN(C[C@H]2CN([C@@H](C(=O)O)C3CCCCC3)C[C@@H]2c2cccc(F)c2)CC1. The molecule has 2 aromatic carbocycles. The molecule has 0 aromatic heterocycles. The number of allylic oxidation sites excluding steroid dienone is 4. The van der Waals surface area contributed by atoms with Crippen LogP contribution in [0.15, 0.2) is 77.9 Å². The fraction of sp³-hybridized carbons (Fsp3) is 0.575. The van der Waals surface area contributed by atoms with Crippen molar-refractivity contribution in [3.8, 4) is 0 Å². The van der Waals surface area contributed by atoms with Crippen LogP contribution in [0.3, 0.4) is 0 Å². The maximum Gasteiger partial charge on any atom is 0.321 e. The van der Waals surface area contributed by atoms with Crippen molar-refractivity contribution in [1.29, 1.82) is 0 Å². The molecule has 0 bridgehead atoms. The van der Waals surface area contributed by atoms with E-state index in [2.05, 4.69) is 65.3 Å². The number of rotatable bonds is 12. The smallest absolute Gasteiger partial charge is 0.321 e. The molecule has 2 aromatic rings. The first kappa shape index (κ1) is 32.2. The molecule has 1 saturated carbocycles. The van der Waals surface area contributed by atoms with Gasteiger partial charge in [-0.3, -0.25) is 9.69 Å². The van der Waals surface area contributed by atoms with Gasteiger partial charge in [0.15, 0.2) is 0 Å². The molecule has 45 heavy (non-hydrogen) atoms. The lowest BCUT2D eigenvalue weighted by Gasteiger charge is -2.37. The first-order chi connectivity index (χ1) is 22.0. The van der Waals surface area contributed by atoms with Gasteiger partial charge in [0, 0.05) is 25.6 Å². The molecule has 0 radical (unpaired) electrons. The van der Waals surface area contributed by atoms with Crippen molar-refractivity contribution < 1.29 is 14.3 Å². The first-order valence-corrected chi connectivity index (χ1v) is 17.9. The number of benzene rings is 2. The van der Waals surface area contributed by atoms with Gasteiger partial charge in [0.1, 0.15) is 11.9 Å². The van der Waals surface area contributed by atoms with Gasteiger partial charge in [0.05, 0.1) is 0 Å². The molecule has 6 rings (SSSR count). The molecule has 0 amide bonds. The van der Waals surface area contributed by atoms with Crippen LogP contribution < -0.4 is 0 Å². The third-order valence-corrected chi connectivity index (χ3v) is 11.4. The van der Waals surface area contributed by atoms with Gasteiger partial charge in [-0.2, -0.15) is 0 Å². The Morgan fingerprint density at radius 2 is 1.73 bits per heavy atom. The molecule has 2 aliphatic heterocycles. The van der Waals surface area contributed by atoms with Gasteiger partial charge in [0.25, 0.3) is 0 Å². The van der Waals surface area contributed by atoms with Crippen LogP contribution >= 0.6 is 0 Å². The number of carbonyl (C=O) groups is 1. The van der Waals surface area contributed by atoms with Crippen molar-refractivity contribution in [2.24, 2.45) is 23.7 Å². The zero-order valence-corrected chi connectivity index (χ0v) is 27.3. The lowest BCUT2D eigenvalue weighted by atomic mass is 9.79. The molecule has 2 saturated heterocycles. The van der Waals surface area contributed by atoms with Crippen LogP contribution in [-0.4, -0.2) is 59.6 Å². The van der Waals surface area contributed by atoms with Gasteiger partial charge in [-0.25, -0.2) is 4.39 Å². The van der Waals surface area contributed by atoms with Crippen molar-refractivity contribution in [2.75, 3.05) is 32.7 Å². The Hall–Kier alpha value is -2.76. The Labute approximate surface area is 270 Å². The van der Waals surface area contributed by atoms with Crippen molar-refractivity contribution >= 4 is 5.97 Å². The molecule has 2 heterocycles. The highest BCUT2D eigenvalue weighted by molar-refractivity contribution is 5.74. The largest absolute Gasteiger partial charge is 0.480 e. The van der Waals surface area contributed by atoms with E-state index in [-0.39, 0.29) is 17.7 Å². The fourth-order valence-corrected chi connectivity index (χ4v) is 9.25. The van der Waals surface area contributed by atoms with Gasteiger partial charge in [-0.15, -0.1) is 0 Å². The number of aryl methyl sites for hydroxylation is 1. The second-order valence-electron chi connectivity index (χ2n) is 14.4. The number of nitrogens with zero attached hydrogens (tertiary/aromatic N) is 2. The Morgan fingerprint density at radius 3 is 2.44 bits per heavy atom. The normalized spacial score (nSPS) is 26.1. The molecule has 4 atom stereocenters. The summed E-state index contributed by atoms with van der Waals surface area (Å²) in [5.74, 6) is 1.03. The lowest BCUT2D eigenvalue weighted by Crippen LogP contribution is -2.46. The van der Waals surface area contributed by atoms with Crippen LogP contribution in [-0.2, 0) is 11.2 Å². The minimum absolute atomic E-state index is 0.157. The molecular weight excluding hydrogens is 559 g/mol. The summed E-state index contributed by atoms with van der Waals surface area (Å²) in [5, 5.41) is 10.4. The van der Waals surface area contributed by atoms with Crippen molar-refractivity contribution in [3.63, 3.8) is 0 Å². The summed E-state index contributed by atoms with van der Waals surface area (Å²) in [6.07, 6.45) is 17.4. The predicted molar refractivity (Wildman–Crippen MR) is 181 cm³/mol. The average Bonchev–Trinajstić information content (AvgIpc) is 3.65. The predicted octanol–water partition coefficient (Wildman–Crippen LogP) is 8.50. The quantitative estimate of drug-likeness (QED) is 0.261. The van der Waals surface area contributed by atoms with E-state index in [9.17, 15) is 14.3 Å². The number of likely N-dealkylation sites (tertiary alicyclic amines) is 2. The third kappa shape index (κ3) is 7.80. The molecular formula is C40H53FN2O2. The summed E-state index contributed by atoms with van der Waals surface area (Å²) in [5.41, 5.74) is 5.74. The second-order valence-corrected chi connectivity index (χ2v) is 14.4. The topological polar surface area (TPSA) is 43.8 Å². The maximum absolute atomic E-state index is 14.4. The lowest BCUT2D eigenvalue weighted by molar-refractivity contribution is -0.145. The van der Waals surface area contributed by atoms with Crippen molar-refractivity contribution in [1.82, 2.24) is 9.80 Å². The van der Waals surface area contributed by atoms with Crippen LogP contribution in [0.25, 0.3) is 0 Å². The van der Waals surface area contributed by atoms with Crippen molar-refractivity contribution in [2.45, 2.75) is 89.5 Å². The van der Waals surface area contributed by atoms with Crippen LogP contribution in [0.1, 0.15) is 88.2 Å². The Morgan fingerprint density at radius 1 is 0.956 bits per heavy atom. The van der Waals surface area contributed by atoms with E-state index < -0.39 is 12.0 Å². The zero-order valence-electron chi connectivity index (χ0n) is 27.3. The zero-order chi connectivity index (χ0) is 31.2. The molecule has 2 aliphatic carbocycles. The van der Waals surface area contributed by atoms with E-state index in [1.165, 1.54) is 43.7 Å². The third-order valence-electron chi connectivity index (χ3n) is 11.4. The van der Waals surface area contributed by atoms with Crippen molar-refractivity contribution in [3.05, 3.63) is 94.8 Å². The van der Waals surface area contributed by atoms with E-state index in [0.29, 0.717) is 24.3 Å². The Kier molecular flexibility index (Phi) is 10.9. The minimum Gasteiger partial charge on any atom is -0.480 e. The number of aliphatic carboxylic acids is 1. The highest BCUT2D eigenvalue weighted by Gasteiger charge is 2.43. The molecule has 4 aliphatic rings. The van der Waals surface area contributed by atoms with Crippen LogP contribution in [0.4, 0.5) is 4.39 Å². The number of hydrogen-bond donors (Lipinski definition) is 1. The molecule has 3 fully saturated rings. The van der Waals surface area contributed by atoms with Gasteiger partial charge in [0.2, 0.25) is 0 Å². The standard InChI is InChI=1S/C40H53FN2O2/c1-2-10-30-19-20-31(18-17-29-11-5-3-6-12-29)38(30)32-21-23-42(24-22-32)26-35-27-43(28-37(35)34-15-9-16-36(41)25-34)39(40(44)45)33-13-7-4-8-14-33/h3,5-6,9,11-12,15-16,19-20,25,30,32-33,35,37,39H,2,4,7-8,10,13-14,17-18,21-24,26-28H2,1H3,(H,44,45)/t30?,35-,37+,39+/m0/s1. The molecule has 1 unspecified atom stereocenters. The monoisotopic (exact) mass is 612 g/mol. The number of halogens is 1. The molecule has 1 N–H and O–H groups in total. The van der Waals surface area contributed by atoms with E-state index >= 15 is 0 Å². The van der Waals surface area contributed by atoms with Crippen LogP contribution in [0.5, 0.6) is 0 Å². The number of carboxylic acid groups (broad SMARTS) is 1. The molecule has 4 nitrogen and oxygen atoms in total. The summed E-state index contributed by atoms with van der Waals surface area (Å²) >= 11 is 0. The summed E-state index contributed by atoms with van der Waals surface area (Å²) in [4.78, 5) is 17.5. The fourth-order valence-electron chi connectivity index (χ4n) is 9.25. The maximum atomic E-state index is 14.4. The molecule has 5 heteroatoms. The van der Waals surface area contributed by atoms with E-state index in [1.807, 2.05) is 6.07 Å².